The van der Waals surface area contributed by atoms with Crippen molar-refractivity contribution in [3.05, 3.63) is 64.1 Å². The Kier molecular flexibility index (Phi) is 4.68. The largest absolute Gasteiger partial charge is 0.349 e. The molecule has 0 radical (unpaired) electrons. The number of halogens is 1. The molecule has 0 bridgehead atoms. The van der Waals surface area contributed by atoms with E-state index in [9.17, 15) is 9.59 Å². The lowest BCUT2D eigenvalue weighted by Crippen LogP contribution is -2.30. The van der Waals surface area contributed by atoms with Crippen molar-refractivity contribution in [3.63, 3.8) is 0 Å². The zero-order valence-corrected chi connectivity index (χ0v) is 15.2. The Morgan fingerprint density at radius 1 is 1.20 bits per heavy atom. The highest BCUT2D eigenvalue weighted by Crippen LogP contribution is 2.20. The van der Waals surface area contributed by atoms with Gasteiger partial charge in [0.1, 0.15) is 5.70 Å². The SMILES string of the molecule is Cc1cc(/C=C2/NC(=O)N(Cc3ccc(Cl)cc3)C2=O)cn1C(C)C. The molecular formula is C19H20ClN3O2. The number of aromatic nitrogens is 1. The van der Waals surface area contributed by atoms with Crippen molar-refractivity contribution < 1.29 is 9.59 Å². The van der Waals surface area contributed by atoms with Crippen LogP contribution in [0.15, 0.2) is 42.2 Å². The van der Waals surface area contributed by atoms with Crippen LogP contribution in [0.25, 0.3) is 6.08 Å². The van der Waals surface area contributed by atoms with E-state index in [1.807, 2.05) is 19.2 Å². The van der Waals surface area contributed by atoms with Crippen molar-refractivity contribution in [1.29, 1.82) is 0 Å². The molecule has 25 heavy (non-hydrogen) atoms. The normalized spacial score (nSPS) is 16.2. The first-order valence-corrected chi connectivity index (χ1v) is 8.50. The van der Waals surface area contributed by atoms with Crippen LogP contribution in [0.3, 0.4) is 0 Å². The van der Waals surface area contributed by atoms with Gasteiger partial charge in [0.05, 0.1) is 6.54 Å². The molecule has 1 aromatic carbocycles. The number of nitrogens with one attached hydrogen (secondary N) is 1. The fourth-order valence-electron chi connectivity index (χ4n) is 2.90. The zero-order chi connectivity index (χ0) is 18.1. The molecule has 0 atom stereocenters. The van der Waals surface area contributed by atoms with Gasteiger partial charge in [0.25, 0.3) is 5.91 Å². The van der Waals surface area contributed by atoms with E-state index in [0.717, 1.165) is 16.8 Å². The van der Waals surface area contributed by atoms with Gasteiger partial charge in [-0.2, -0.15) is 0 Å². The molecule has 0 aliphatic carbocycles. The number of carbonyl (C=O) groups is 2. The molecule has 0 spiro atoms. The summed E-state index contributed by atoms with van der Waals surface area (Å²) in [5.41, 5.74) is 3.13. The molecule has 130 valence electrons. The van der Waals surface area contributed by atoms with Gasteiger partial charge in [-0.05, 0) is 56.2 Å². The Morgan fingerprint density at radius 2 is 1.88 bits per heavy atom. The van der Waals surface area contributed by atoms with E-state index in [2.05, 4.69) is 23.7 Å². The van der Waals surface area contributed by atoms with Gasteiger partial charge in [0.15, 0.2) is 0 Å². The molecule has 1 fully saturated rings. The molecule has 1 aliphatic heterocycles. The smallest absolute Gasteiger partial charge is 0.329 e. The summed E-state index contributed by atoms with van der Waals surface area (Å²) in [6.45, 7) is 6.43. The van der Waals surface area contributed by atoms with Crippen LogP contribution in [0, 0.1) is 6.92 Å². The molecule has 3 rings (SSSR count). The van der Waals surface area contributed by atoms with Crippen LogP contribution in [0.2, 0.25) is 5.02 Å². The summed E-state index contributed by atoms with van der Waals surface area (Å²) in [7, 11) is 0. The zero-order valence-electron chi connectivity index (χ0n) is 14.4. The molecule has 0 saturated carbocycles. The third kappa shape index (κ3) is 3.61. The molecular weight excluding hydrogens is 338 g/mol. The summed E-state index contributed by atoms with van der Waals surface area (Å²) < 4.78 is 2.12. The first-order valence-electron chi connectivity index (χ1n) is 8.12. The quantitative estimate of drug-likeness (QED) is 0.661. The predicted octanol–water partition coefficient (Wildman–Crippen LogP) is 4.12. The third-order valence-electron chi connectivity index (χ3n) is 4.15. The number of nitrogens with zero attached hydrogens (tertiary/aromatic N) is 2. The minimum atomic E-state index is -0.411. The standard InChI is InChI=1S/C19H20ClN3O2/c1-12(2)22-11-15(8-13(22)3)9-17-18(24)23(19(25)21-17)10-14-4-6-16(20)7-5-14/h4-9,11-12H,10H2,1-3H3,(H,21,25)/b17-9+. The van der Waals surface area contributed by atoms with Gasteiger partial charge in [0.2, 0.25) is 0 Å². The molecule has 2 aromatic rings. The van der Waals surface area contributed by atoms with Crippen LogP contribution in [0.4, 0.5) is 4.79 Å². The van der Waals surface area contributed by atoms with Gasteiger partial charge in [-0.15, -0.1) is 0 Å². The van der Waals surface area contributed by atoms with E-state index in [0.29, 0.717) is 16.8 Å². The van der Waals surface area contributed by atoms with Crippen molar-refractivity contribution in [3.8, 4) is 0 Å². The van der Waals surface area contributed by atoms with Gasteiger partial charge in [-0.3, -0.25) is 9.69 Å². The van der Waals surface area contributed by atoms with Crippen molar-refractivity contribution in [2.45, 2.75) is 33.4 Å². The highest BCUT2D eigenvalue weighted by Gasteiger charge is 2.33. The van der Waals surface area contributed by atoms with Gasteiger partial charge in [-0.25, -0.2) is 4.79 Å². The third-order valence-corrected chi connectivity index (χ3v) is 4.41. The van der Waals surface area contributed by atoms with Crippen LogP contribution in [0.1, 0.15) is 36.7 Å². The second kappa shape index (κ2) is 6.76. The van der Waals surface area contributed by atoms with Crippen molar-refractivity contribution in [1.82, 2.24) is 14.8 Å². The highest BCUT2D eigenvalue weighted by atomic mass is 35.5. The van der Waals surface area contributed by atoms with Crippen LogP contribution in [0.5, 0.6) is 0 Å². The number of hydrogen-bond donors (Lipinski definition) is 1. The van der Waals surface area contributed by atoms with Crippen LogP contribution < -0.4 is 5.32 Å². The summed E-state index contributed by atoms with van der Waals surface area (Å²) in [5.74, 6) is -0.324. The average Bonchev–Trinajstić information content (AvgIpc) is 3.04. The number of carbonyl (C=O) groups excluding carboxylic acids is 2. The Bertz CT molecular complexity index is 850. The van der Waals surface area contributed by atoms with Crippen LogP contribution in [-0.4, -0.2) is 21.4 Å². The summed E-state index contributed by atoms with van der Waals surface area (Å²) in [6, 6.07) is 9.00. The number of hydrogen-bond acceptors (Lipinski definition) is 2. The Hall–Kier alpha value is -2.53. The second-order valence-electron chi connectivity index (χ2n) is 6.42. The number of rotatable bonds is 4. The summed E-state index contributed by atoms with van der Waals surface area (Å²) in [4.78, 5) is 25.9. The molecule has 1 N–H and O–H groups in total. The molecule has 1 saturated heterocycles. The monoisotopic (exact) mass is 357 g/mol. The summed E-state index contributed by atoms with van der Waals surface area (Å²) in [6.07, 6.45) is 3.70. The summed E-state index contributed by atoms with van der Waals surface area (Å²) in [5, 5.41) is 3.27. The van der Waals surface area contributed by atoms with Gasteiger partial charge in [-0.1, -0.05) is 23.7 Å². The molecule has 2 heterocycles. The Morgan fingerprint density at radius 3 is 2.48 bits per heavy atom. The lowest BCUT2D eigenvalue weighted by Gasteiger charge is -2.11. The molecule has 0 unspecified atom stereocenters. The Balaban J connectivity index is 1.80. The van der Waals surface area contributed by atoms with Gasteiger partial charge in [0, 0.05) is 23.0 Å². The highest BCUT2D eigenvalue weighted by molar-refractivity contribution is 6.30. The lowest BCUT2D eigenvalue weighted by atomic mass is 10.2. The predicted molar refractivity (Wildman–Crippen MR) is 98.1 cm³/mol. The minimum Gasteiger partial charge on any atom is -0.349 e. The van der Waals surface area contributed by atoms with Crippen molar-refractivity contribution in [2.75, 3.05) is 0 Å². The molecule has 3 amide bonds. The molecule has 5 nitrogen and oxygen atoms in total. The molecule has 1 aromatic heterocycles. The Labute approximate surface area is 151 Å². The fraction of sp³-hybridized carbons (Fsp3) is 0.263. The number of urea groups is 1. The van der Waals surface area contributed by atoms with Gasteiger partial charge < -0.3 is 9.88 Å². The van der Waals surface area contributed by atoms with E-state index in [1.165, 1.54) is 4.90 Å². The molecule has 6 heteroatoms. The van der Waals surface area contributed by atoms with Crippen LogP contribution >= 0.6 is 11.6 Å². The van der Waals surface area contributed by atoms with E-state index in [-0.39, 0.29) is 12.5 Å². The summed E-state index contributed by atoms with van der Waals surface area (Å²) >= 11 is 5.87. The lowest BCUT2D eigenvalue weighted by molar-refractivity contribution is -0.123. The van der Waals surface area contributed by atoms with Crippen molar-refractivity contribution >= 4 is 29.6 Å². The number of imide groups is 1. The minimum absolute atomic E-state index is 0.214. The average molecular weight is 358 g/mol. The van der Waals surface area contributed by atoms with Crippen LogP contribution in [-0.2, 0) is 11.3 Å². The first kappa shape index (κ1) is 17.3. The van der Waals surface area contributed by atoms with E-state index >= 15 is 0 Å². The first-order chi connectivity index (χ1) is 11.8. The van der Waals surface area contributed by atoms with E-state index < -0.39 is 6.03 Å². The fourth-order valence-corrected chi connectivity index (χ4v) is 3.03. The van der Waals surface area contributed by atoms with E-state index in [1.54, 1.807) is 30.3 Å². The number of aryl methyl sites for hydroxylation is 1. The maximum Gasteiger partial charge on any atom is 0.329 e. The van der Waals surface area contributed by atoms with E-state index in [4.69, 9.17) is 11.6 Å². The second-order valence-corrected chi connectivity index (χ2v) is 6.86. The van der Waals surface area contributed by atoms with Crippen molar-refractivity contribution in [2.24, 2.45) is 0 Å². The van der Waals surface area contributed by atoms with Gasteiger partial charge >= 0.3 is 6.03 Å². The number of benzene rings is 1. The maximum absolute atomic E-state index is 12.6. The molecule has 1 aliphatic rings. The maximum atomic E-state index is 12.6. The topological polar surface area (TPSA) is 54.3 Å². The number of amides is 3.